The number of halogens is 2. The summed E-state index contributed by atoms with van der Waals surface area (Å²) in [7, 11) is 1.70. The summed E-state index contributed by atoms with van der Waals surface area (Å²) in [5, 5.41) is 1.54. The van der Waals surface area contributed by atoms with Gasteiger partial charge in [-0.3, -0.25) is 0 Å². The first kappa shape index (κ1) is 16.1. The molecule has 0 spiro atoms. The lowest BCUT2D eigenvalue weighted by atomic mass is 9.82. The summed E-state index contributed by atoms with van der Waals surface area (Å²) < 4.78 is 10.8. The smallest absolute Gasteiger partial charge is 0.0704 e. The molecule has 0 aromatic heterocycles. The van der Waals surface area contributed by atoms with E-state index in [1.807, 2.05) is 6.92 Å². The van der Waals surface area contributed by atoms with E-state index < -0.39 is 0 Å². The maximum Gasteiger partial charge on any atom is 0.0704 e. The van der Waals surface area contributed by atoms with Crippen LogP contribution in [0, 0.1) is 6.92 Å². The lowest BCUT2D eigenvalue weighted by Crippen LogP contribution is -2.22. The van der Waals surface area contributed by atoms with Crippen LogP contribution < -0.4 is 0 Å². The van der Waals surface area contributed by atoms with Crippen LogP contribution in [0.4, 0.5) is 0 Å². The summed E-state index contributed by atoms with van der Waals surface area (Å²) >= 11 is 12.5. The molecular formula is C16H22Cl2O2. The van der Waals surface area contributed by atoms with Crippen molar-refractivity contribution in [3.63, 3.8) is 0 Å². The van der Waals surface area contributed by atoms with Gasteiger partial charge >= 0.3 is 0 Å². The molecule has 2 rings (SSSR count). The van der Waals surface area contributed by atoms with Gasteiger partial charge in [0.1, 0.15) is 0 Å². The Balaban J connectivity index is 1.90. The Morgan fingerprint density at radius 2 is 1.65 bits per heavy atom. The molecule has 0 heterocycles. The number of hydrogen-bond donors (Lipinski definition) is 0. The van der Waals surface area contributed by atoms with Crippen molar-refractivity contribution in [2.75, 3.05) is 20.3 Å². The minimum absolute atomic E-state index is 0.373. The largest absolute Gasteiger partial charge is 0.382 e. The molecule has 0 amide bonds. The molecule has 1 saturated carbocycles. The first-order valence-corrected chi connectivity index (χ1v) is 7.93. The second-order valence-electron chi connectivity index (χ2n) is 5.45. The molecule has 0 radical (unpaired) electrons. The first-order chi connectivity index (χ1) is 9.61. The highest BCUT2D eigenvalue weighted by Crippen LogP contribution is 2.37. The number of benzene rings is 1. The Kier molecular flexibility index (Phi) is 6.16. The molecule has 2 nitrogen and oxygen atoms in total. The van der Waals surface area contributed by atoms with Crippen molar-refractivity contribution in [2.24, 2.45) is 0 Å². The summed E-state index contributed by atoms with van der Waals surface area (Å²) in [6, 6.07) is 4.14. The van der Waals surface area contributed by atoms with Crippen LogP contribution in [0.3, 0.4) is 0 Å². The predicted octanol–water partition coefficient (Wildman–Crippen LogP) is 4.99. The zero-order chi connectivity index (χ0) is 14.5. The van der Waals surface area contributed by atoms with Crippen molar-refractivity contribution in [1.82, 2.24) is 0 Å². The summed E-state index contributed by atoms with van der Waals surface area (Å²) in [6.45, 7) is 3.31. The maximum absolute atomic E-state index is 6.23. The van der Waals surface area contributed by atoms with Gasteiger partial charge in [0.2, 0.25) is 0 Å². The molecule has 0 saturated heterocycles. The Bertz CT molecular complexity index is 417. The summed E-state index contributed by atoms with van der Waals surface area (Å²) in [4.78, 5) is 0. The highest BCUT2D eigenvalue weighted by molar-refractivity contribution is 6.36. The van der Waals surface area contributed by atoms with E-state index in [9.17, 15) is 0 Å². The van der Waals surface area contributed by atoms with E-state index in [0.717, 1.165) is 41.3 Å². The van der Waals surface area contributed by atoms with Gasteiger partial charge in [-0.1, -0.05) is 23.2 Å². The van der Waals surface area contributed by atoms with Gasteiger partial charge in [-0.05, 0) is 61.8 Å². The zero-order valence-electron chi connectivity index (χ0n) is 12.1. The van der Waals surface area contributed by atoms with E-state index in [4.69, 9.17) is 32.7 Å². The van der Waals surface area contributed by atoms with Gasteiger partial charge in [-0.15, -0.1) is 0 Å². The third-order valence-electron chi connectivity index (χ3n) is 4.09. The quantitative estimate of drug-likeness (QED) is 0.712. The number of rotatable bonds is 5. The lowest BCUT2D eigenvalue weighted by molar-refractivity contribution is -0.00280. The van der Waals surface area contributed by atoms with Gasteiger partial charge in [0.05, 0.1) is 19.3 Å². The summed E-state index contributed by atoms with van der Waals surface area (Å²) in [5.41, 5.74) is 2.23. The highest BCUT2D eigenvalue weighted by atomic mass is 35.5. The van der Waals surface area contributed by atoms with Crippen LogP contribution in [-0.2, 0) is 9.47 Å². The van der Waals surface area contributed by atoms with Crippen LogP contribution in [0.1, 0.15) is 42.7 Å². The molecule has 0 atom stereocenters. The Labute approximate surface area is 131 Å². The van der Waals surface area contributed by atoms with Gasteiger partial charge in [0.15, 0.2) is 0 Å². The Morgan fingerprint density at radius 3 is 2.20 bits per heavy atom. The molecule has 0 bridgehead atoms. The fraction of sp³-hybridized carbons (Fsp3) is 0.625. The highest BCUT2D eigenvalue weighted by Gasteiger charge is 2.23. The van der Waals surface area contributed by atoms with E-state index in [2.05, 4.69) is 12.1 Å². The second kappa shape index (κ2) is 7.65. The molecule has 1 fully saturated rings. The lowest BCUT2D eigenvalue weighted by Gasteiger charge is -2.29. The predicted molar refractivity (Wildman–Crippen MR) is 84.0 cm³/mol. The van der Waals surface area contributed by atoms with Crippen molar-refractivity contribution in [3.05, 3.63) is 33.3 Å². The maximum atomic E-state index is 6.23. The molecule has 1 aliphatic carbocycles. The van der Waals surface area contributed by atoms with Crippen molar-refractivity contribution in [1.29, 1.82) is 0 Å². The Morgan fingerprint density at radius 1 is 1.05 bits per heavy atom. The molecule has 112 valence electrons. The van der Waals surface area contributed by atoms with Crippen LogP contribution in [0.25, 0.3) is 0 Å². The van der Waals surface area contributed by atoms with E-state index in [-0.39, 0.29) is 0 Å². The minimum Gasteiger partial charge on any atom is -0.382 e. The van der Waals surface area contributed by atoms with Crippen molar-refractivity contribution < 1.29 is 9.47 Å². The molecule has 0 unspecified atom stereocenters. The molecule has 0 aliphatic heterocycles. The molecule has 0 N–H and O–H groups in total. The average Bonchev–Trinajstić information content (AvgIpc) is 2.45. The van der Waals surface area contributed by atoms with Crippen LogP contribution >= 0.6 is 23.2 Å². The van der Waals surface area contributed by atoms with Gasteiger partial charge < -0.3 is 9.47 Å². The molecule has 1 aromatic carbocycles. The third kappa shape index (κ3) is 4.11. The van der Waals surface area contributed by atoms with Crippen molar-refractivity contribution in [3.8, 4) is 0 Å². The van der Waals surface area contributed by atoms with Crippen LogP contribution in [0.5, 0.6) is 0 Å². The number of ether oxygens (including phenoxy) is 2. The monoisotopic (exact) mass is 316 g/mol. The van der Waals surface area contributed by atoms with Gasteiger partial charge in [0, 0.05) is 17.2 Å². The second-order valence-corrected chi connectivity index (χ2v) is 6.26. The normalized spacial score (nSPS) is 23.0. The van der Waals surface area contributed by atoms with Gasteiger partial charge in [-0.25, -0.2) is 0 Å². The Hall–Kier alpha value is -0.280. The zero-order valence-corrected chi connectivity index (χ0v) is 13.6. The average molecular weight is 317 g/mol. The SMILES string of the molecule is COCCOC1CCC(c2cc(Cl)c(C)c(Cl)c2)CC1. The van der Waals surface area contributed by atoms with Gasteiger partial charge in [0.25, 0.3) is 0 Å². The van der Waals surface area contributed by atoms with Crippen molar-refractivity contribution >= 4 is 23.2 Å². The van der Waals surface area contributed by atoms with Gasteiger partial charge in [-0.2, -0.15) is 0 Å². The molecule has 4 heteroatoms. The van der Waals surface area contributed by atoms with E-state index in [1.165, 1.54) is 5.56 Å². The van der Waals surface area contributed by atoms with E-state index in [0.29, 0.717) is 25.2 Å². The van der Waals surface area contributed by atoms with E-state index in [1.54, 1.807) is 7.11 Å². The van der Waals surface area contributed by atoms with Crippen LogP contribution in [-0.4, -0.2) is 26.4 Å². The summed E-state index contributed by atoms with van der Waals surface area (Å²) in [6.07, 6.45) is 4.83. The summed E-state index contributed by atoms with van der Waals surface area (Å²) in [5.74, 6) is 0.549. The first-order valence-electron chi connectivity index (χ1n) is 7.18. The van der Waals surface area contributed by atoms with E-state index >= 15 is 0 Å². The minimum atomic E-state index is 0.373. The topological polar surface area (TPSA) is 18.5 Å². The molecule has 20 heavy (non-hydrogen) atoms. The fourth-order valence-electron chi connectivity index (χ4n) is 2.76. The number of methoxy groups -OCH3 is 1. The third-order valence-corrected chi connectivity index (χ3v) is 4.88. The molecule has 1 aliphatic rings. The fourth-order valence-corrected chi connectivity index (χ4v) is 3.27. The number of hydrogen-bond acceptors (Lipinski definition) is 2. The van der Waals surface area contributed by atoms with Crippen LogP contribution in [0.15, 0.2) is 12.1 Å². The van der Waals surface area contributed by atoms with Crippen molar-refractivity contribution in [2.45, 2.75) is 44.6 Å². The molecule has 1 aromatic rings. The van der Waals surface area contributed by atoms with Crippen LogP contribution in [0.2, 0.25) is 10.0 Å². The molecular weight excluding hydrogens is 295 g/mol. The standard InChI is InChI=1S/C16H22Cl2O2/c1-11-15(17)9-13(10-16(11)18)12-3-5-14(6-4-12)20-8-7-19-2/h9-10,12,14H,3-8H2,1-2H3.